The molecular formula is C25H20F2N2O4S. The SMILES string of the molecule is COc1ccc(-n2c(SC(C)C(=O)c3ccc(F)c(F)c3)nc3ccccc3c2=O)cc1OC. The molecule has 0 aliphatic rings. The van der Waals surface area contributed by atoms with Crippen molar-refractivity contribution >= 4 is 28.4 Å². The fraction of sp³-hybridized carbons (Fsp3) is 0.160. The highest BCUT2D eigenvalue weighted by atomic mass is 32.2. The number of ether oxygens (including phenoxy) is 2. The van der Waals surface area contributed by atoms with E-state index in [0.29, 0.717) is 28.1 Å². The number of aromatic nitrogens is 2. The Bertz CT molecular complexity index is 1460. The minimum absolute atomic E-state index is 0.0275. The third-order valence-electron chi connectivity index (χ3n) is 5.23. The third kappa shape index (κ3) is 4.38. The summed E-state index contributed by atoms with van der Waals surface area (Å²) in [6.07, 6.45) is 0. The van der Waals surface area contributed by atoms with Gasteiger partial charge in [-0.2, -0.15) is 0 Å². The molecule has 4 aromatic rings. The van der Waals surface area contributed by atoms with Crippen molar-refractivity contribution < 1.29 is 23.0 Å². The van der Waals surface area contributed by atoms with Gasteiger partial charge in [0.1, 0.15) is 0 Å². The van der Waals surface area contributed by atoms with Gasteiger partial charge < -0.3 is 9.47 Å². The second-order valence-corrected chi connectivity index (χ2v) is 8.65. The first kappa shape index (κ1) is 23.4. The summed E-state index contributed by atoms with van der Waals surface area (Å²) in [6.45, 7) is 1.62. The van der Waals surface area contributed by atoms with Gasteiger partial charge in [-0.25, -0.2) is 13.8 Å². The van der Waals surface area contributed by atoms with E-state index in [0.717, 1.165) is 23.9 Å². The van der Waals surface area contributed by atoms with E-state index in [2.05, 4.69) is 4.98 Å². The van der Waals surface area contributed by atoms with Gasteiger partial charge in [0.15, 0.2) is 34.1 Å². The number of nitrogens with zero attached hydrogens (tertiary/aromatic N) is 2. The van der Waals surface area contributed by atoms with E-state index in [9.17, 15) is 18.4 Å². The molecule has 4 rings (SSSR count). The van der Waals surface area contributed by atoms with Crippen LogP contribution in [0, 0.1) is 11.6 Å². The summed E-state index contributed by atoms with van der Waals surface area (Å²) in [7, 11) is 3.00. The van der Waals surface area contributed by atoms with Crippen LogP contribution in [0.5, 0.6) is 11.5 Å². The molecule has 0 amide bonds. The minimum Gasteiger partial charge on any atom is -0.493 e. The summed E-state index contributed by atoms with van der Waals surface area (Å²) >= 11 is 1.04. The van der Waals surface area contributed by atoms with Crippen LogP contribution in [0.1, 0.15) is 17.3 Å². The van der Waals surface area contributed by atoms with Crippen molar-refractivity contribution in [2.75, 3.05) is 14.2 Å². The molecule has 1 unspecified atom stereocenters. The van der Waals surface area contributed by atoms with Gasteiger partial charge in [0.25, 0.3) is 5.56 Å². The number of para-hydroxylation sites is 1. The number of halogens is 2. The largest absolute Gasteiger partial charge is 0.493 e. The van der Waals surface area contributed by atoms with Gasteiger partial charge in [-0.3, -0.25) is 14.2 Å². The van der Waals surface area contributed by atoms with Crippen molar-refractivity contribution in [2.24, 2.45) is 0 Å². The quantitative estimate of drug-likeness (QED) is 0.209. The molecule has 0 radical (unpaired) electrons. The molecule has 1 aromatic heterocycles. The number of fused-ring (bicyclic) bond motifs is 1. The number of Topliss-reactive ketones (excluding diaryl/α,β-unsaturated/α-hetero) is 1. The van der Waals surface area contributed by atoms with Crippen LogP contribution in [0.3, 0.4) is 0 Å². The molecule has 174 valence electrons. The maximum Gasteiger partial charge on any atom is 0.266 e. The van der Waals surface area contributed by atoms with E-state index in [-0.39, 0.29) is 16.3 Å². The van der Waals surface area contributed by atoms with Gasteiger partial charge in [0.2, 0.25) is 0 Å². The van der Waals surface area contributed by atoms with E-state index < -0.39 is 22.7 Å². The maximum absolute atomic E-state index is 13.7. The molecule has 0 aliphatic heterocycles. The lowest BCUT2D eigenvalue weighted by atomic mass is 10.1. The van der Waals surface area contributed by atoms with Crippen molar-refractivity contribution in [3.63, 3.8) is 0 Å². The number of hydrogen-bond acceptors (Lipinski definition) is 6. The number of benzene rings is 3. The molecule has 0 fully saturated rings. The van der Waals surface area contributed by atoms with Crippen LogP contribution in [0.4, 0.5) is 8.78 Å². The predicted octanol–water partition coefficient (Wildman–Crippen LogP) is 5.04. The smallest absolute Gasteiger partial charge is 0.266 e. The van der Waals surface area contributed by atoms with E-state index >= 15 is 0 Å². The summed E-state index contributed by atoms with van der Waals surface area (Å²) in [5, 5.41) is -0.0788. The van der Waals surface area contributed by atoms with Crippen LogP contribution >= 0.6 is 11.8 Å². The number of carbonyl (C=O) groups is 1. The maximum atomic E-state index is 13.7. The summed E-state index contributed by atoms with van der Waals surface area (Å²) in [6, 6.07) is 14.9. The van der Waals surface area contributed by atoms with Crippen molar-refractivity contribution in [2.45, 2.75) is 17.3 Å². The van der Waals surface area contributed by atoms with Crippen LogP contribution in [0.15, 0.2) is 70.6 Å². The minimum atomic E-state index is -1.10. The Kier molecular flexibility index (Phi) is 6.65. The second-order valence-electron chi connectivity index (χ2n) is 7.34. The first-order valence-corrected chi connectivity index (χ1v) is 11.1. The average Bonchev–Trinajstić information content (AvgIpc) is 2.85. The molecule has 0 saturated heterocycles. The van der Waals surface area contributed by atoms with Gasteiger partial charge in [0, 0.05) is 11.6 Å². The Morgan fingerprint density at radius 2 is 1.71 bits per heavy atom. The predicted molar refractivity (Wildman–Crippen MR) is 126 cm³/mol. The Morgan fingerprint density at radius 1 is 0.971 bits per heavy atom. The lowest BCUT2D eigenvalue weighted by Crippen LogP contribution is -2.24. The van der Waals surface area contributed by atoms with Gasteiger partial charge in [-0.05, 0) is 49.4 Å². The zero-order valence-corrected chi connectivity index (χ0v) is 19.4. The molecule has 1 atom stereocenters. The summed E-state index contributed by atoms with van der Waals surface area (Å²) in [4.78, 5) is 31.0. The zero-order valence-electron chi connectivity index (χ0n) is 18.5. The number of thioether (sulfide) groups is 1. The first-order valence-electron chi connectivity index (χ1n) is 10.2. The Morgan fingerprint density at radius 3 is 2.41 bits per heavy atom. The van der Waals surface area contributed by atoms with Gasteiger partial charge in [-0.15, -0.1) is 0 Å². The molecule has 9 heteroatoms. The average molecular weight is 483 g/mol. The molecule has 1 heterocycles. The third-order valence-corrected chi connectivity index (χ3v) is 6.28. The van der Waals surface area contributed by atoms with Crippen LogP contribution in [-0.2, 0) is 0 Å². The van der Waals surface area contributed by atoms with Gasteiger partial charge in [-0.1, -0.05) is 23.9 Å². The number of hydrogen-bond donors (Lipinski definition) is 0. The summed E-state index contributed by atoms with van der Waals surface area (Å²) in [5.74, 6) is -1.65. The van der Waals surface area contributed by atoms with E-state index in [1.807, 2.05) is 0 Å². The van der Waals surface area contributed by atoms with Crippen molar-refractivity contribution in [3.8, 4) is 17.2 Å². The van der Waals surface area contributed by atoms with Gasteiger partial charge in [0.05, 0.1) is 36.1 Å². The van der Waals surface area contributed by atoms with Crippen molar-refractivity contribution in [1.29, 1.82) is 0 Å². The van der Waals surface area contributed by atoms with Crippen LogP contribution in [-0.4, -0.2) is 34.8 Å². The molecule has 0 N–H and O–H groups in total. The molecule has 0 saturated carbocycles. The fourth-order valence-corrected chi connectivity index (χ4v) is 4.48. The molecule has 0 spiro atoms. The molecule has 0 aliphatic carbocycles. The highest BCUT2D eigenvalue weighted by Crippen LogP contribution is 2.32. The summed E-state index contributed by atoms with van der Waals surface area (Å²) < 4.78 is 39.0. The van der Waals surface area contributed by atoms with Gasteiger partial charge >= 0.3 is 0 Å². The Hall–Kier alpha value is -3.72. The Labute approximate surface area is 198 Å². The van der Waals surface area contributed by atoms with Crippen molar-refractivity contribution in [1.82, 2.24) is 9.55 Å². The highest BCUT2D eigenvalue weighted by Gasteiger charge is 2.23. The van der Waals surface area contributed by atoms with Crippen LogP contribution in [0.2, 0.25) is 0 Å². The Balaban J connectivity index is 1.82. The number of rotatable bonds is 7. The number of ketones is 1. The standard InChI is InChI=1S/C25H20F2N2O4S/c1-14(23(30)15-8-10-18(26)19(27)12-15)34-25-28-20-7-5-4-6-17(20)24(31)29(25)16-9-11-21(32-2)22(13-16)33-3/h4-14H,1-3H3. The molecule has 6 nitrogen and oxygen atoms in total. The molecule has 3 aromatic carbocycles. The van der Waals surface area contributed by atoms with E-state index in [1.54, 1.807) is 49.4 Å². The number of methoxy groups -OCH3 is 2. The molecular weight excluding hydrogens is 462 g/mol. The monoisotopic (exact) mass is 482 g/mol. The fourth-order valence-electron chi connectivity index (χ4n) is 3.48. The molecule has 0 bridgehead atoms. The highest BCUT2D eigenvalue weighted by molar-refractivity contribution is 8.00. The molecule has 34 heavy (non-hydrogen) atoms. The second kappa shape index (κ2) is 9.64. The van der Waals surface area contributed by atoms with Crippen LogP contribution in [0.25, 0.3) is 16.6 Å². The topological polar surface area (TPSA) is 70.4 Å². The normalized spacial score (nSPS) is 11.9. The van der Waals surface area contributed by atoms with E-state index in [1.165, 1.54) is 24.9 Å². The van der Waals surface area contributed by atoms with Crippen LogP contribution < -0.4 is 15.0 Å². The lowest BCUT2D eigenvalue weighted by Gasteiger charge is -2.17. The summed E-state index contributed by atoms with van der Waals surface area (Å²) in [5.41, 5.74) is 0.641. The lowest BCUT2D eigenvalue weighted by molar-refractivity contribution is 0.0993. The number of carbonyl (C=O) groups excluding carboxylic acids is 1. The van der Waals surface area contributed by atoms with E-state index in [4.69, 9.17) is 9.47 Å². The van der Waals surface area contributed by atoms with Crippen molar-refractivity contribution in [3.05, 3.63) is 88.2 Å². The zero-order chi connectivity index (χ0) is 24.4. The first-order chi connectivity index (χ1) is 16.3.